The molecule has 0 saturated carbocycles. The van der Waals surface area contributed by atoms with E-state index in [9.17, 15) is 0 Å². The van der Waals surface area contributed by atoms with Gasteiger partial charge in [-0.15, -0.1) is 6.58 Å². The highest BCUT2D eigenvalue weighted by molar-refractivity contribution is 5.62. The van der Waals surface area contributed by atoms with Crippen molar-refractivity contribution < 1.29 is 4.74 Å². The molecule has 0 unspecified atom stereocenters. The number of benzene rings is 1. The lowest BCUT2D eigenvalue weighted by molar-refractivity contribution is 0.406. The van der Waals surface area contributed by atoms with Gasteiger partial charge in [0.2, 0.25) is 0 Å². The molecule has 1 aromatic carbocycles. The van der Waals surface area contributed by atoms with Crippen molar-refractivity contribution >= 4 is 5.69 Å². The van der Waals surface area contributed by atoms with Crippen LogP contribution in [0.3, 0.4) is 0 Å². The standard InChI is InChI=1S/C16H26N2O/c1-7-11-18(16(3,4)5)13-9-8-10-14(19-6)15(13)12(2)17/h7-10,12H,1,11,17H2,2-6H3/t12-/m0/s1. The quantitative estimate of drug-likeness (QED) is 0.825. The topological polar surface area (TPSA) is 38.5 Å². The fraction of sp³-hybridized carbons (Fsp3) is 0.500. The van der Waals surface area contributed by atoms with E-state index in [2.05, 4.69) is 38.3 Å². The minimum atomic E-state index is -0.0826. The van der Waals surface area contributed by atoms with Crippen LogP contribution in [0.15, 0.2) is 30.9 Å². The first-order chi connectivity index (χ1) is 8.82. The van der Waals surface area contributed by atoms with Gasteiger partial charge in [-0.1, -0.05) is 12.1 Å². The molecular weight excluding hydrogens is 236 g/mol. The predicted molar refractivity (Wildman–Crippen MR) is 82.9 cm³/mol. The van der Waals surface area contributed by atoms with Gasteiger partial charge in [0.1, 0.15) is 5.75 Å². The fourth-order valence-electron chi connectivity index (χ4n) is 2.27. The minimum Gasteiger partial charge on any atom is -0.496 e. The summed E-state index contributed by atoms with van der Waals surface area (Å²) in [5, 5.41) is 0. The lowest BCUT2D eigenvalue weighted by Crippen LogP contribution is -2.42. The van der Waals surface area contributed by atoms with Crippen molar-refractivity contribution in [1.82, 2.24) is 0 Å². The van der Waals surface area contributed by atoms with Crippen LogP contribution >= 0.6 is 0 Å². The van der Waals surface area contributed by atoms with Gasteiger partial charge in [0.05, 0.1) is 7.11 Å². The maximum absolute atomic E-state index is 6.14. The Hall–Kier alpha value is -1.48. The van der Waals surface area contributed by atoms with Crippen LogP contribution in [0.1, 0.15) is 39.3 Å². The molecule has 3 nitrogen and oxygen atoms in total. The van der Waals surface area contributed by atoms with Gasteiger partial charge < -0.3 is 15.4 Å². The van der Waals surface area contributed by atoms with Crippen molar-refractivity contribution in [3.05, 3.63) is 36.4 Å². The molecule has 0 fully saturated rings. The monoisotopic (exact) mass is 262 g/mol. The Balaban J connectivity index is 3.41. The Labute approximate surface area is 117 Å². The lowest BCUT2D eigenvalue weighted by Gasteiger charge is -2.39. The maximum Gasteiger partial charge on any atom is 0.125 e. The van der Waals surface area contributed by atoms with Crippen LogP contribution < -0.4 is 15.4 Å². The van der Waals surface area contributed by atoms with Crippen molar-refractivity contribution in [2.45, 2.75) is 39.3 Å². The number of nitrogens with two attached hydrogens (primary N) is 1. The summed E-state index contributed by atoms with van der Waals surface area (Å²) in [7, 11) is 1.68. The molecule has 0 spiro atoms. The maximum atomic E-state index is 6.14. The molecule has 0 aliphatic carbocycles. The summed E-state index contributed by atoms with van der Waals surface area (Å²) in [5.41, 5.74) is 8.28. The van der Waals surface area contributed by atoms with Crippen LogP contribution in [0.25, 0.3) is 0 Å². The van der Waals surface area contributed by atoms with Crippen LogP contribution in [0.5, 0.6) is 5.75 Å². The normalized spacial score (nSPS) is 12.9. The largest absolute Gasteiger partial charge is 0.496 e. The summed E-state index contributed by atoms with van der Waals surface area (Å²) in [6.45, 7) is 13.2. The predicted octanol–water partition coefficient (Wildman–Crippen LogP) is 3.51. The van der Waals surface area contributed by atoms with Gasteiger partial charge in [-0.05, 0) is 39.8 Å². The van der Waals surface area contributed by atoms with Gasteiger partial charge in [-0.2, -0.15) is 0 Å². The second-order valence-electron chi connectivity index (χ2n) is 5.75. The van der Waals surface area contributed by atoms with Gasteiger partial charge in [-0.25, -0.2) is 0 Å². The van der Waals surface area contributed by atoms with Crippen LogP contribution in [0.4, 0.5) is 5.69 Å². The summed E-state index contributed by atoms with van der Waals surface area (Å²) in [6.07, 6.45) is 1.91. The van der Waals surface area contributed by atoms with Gasteiger partial charge in [0, 0.05) is 29.4 Å². The average molecular weight is 262 g/mol. The van der Waals surface area contributed by atoms with Gasteiger partial charge in [0.15, 0.2) is 0 Å². The summed E-state index contributed by atoms with van der Waals surface area (Å²) in [6, 6.07) is 5.97. The molecule has 0 amide bonds. The average Bonchev–Trinajstić information content (AvgIpc) is 2.33. The Kier molecular flexibility index (Phi) is 5.01. The van der Waals surface area contributed by atoms with Crippen molar-refractivity contribution in [2.75, 3.05) is 18.6 Å². The van der Waals surface area contributed by atoms with Crippen molar-refractivity contribution in [3.8, 4) is 5.75 Å². The molecule has 0 saturated heterocycles. The first kappa shape index (κ1) is 15.6. The number of rotatable bonds is 5. The van der Waals surface area contributed by atoms with E-state index in [4.69, 9.17) is 10.5 Å². The Bertz CT molecular complexity index is 433. The highest BCUT2D eigenvalue weighted by Crippen LogP contribution is 2.36. The third-order valence-corrected chi connectivity index (χ3v) is 3.13. The number of hydrogen-bond donors (Lipinski definition) is 1. The molecule has 0 aliphatic rings. The molecule has 1 atom stereocenters. The first-order valence-electron chi connectivity index (χ1n) is 6.64. The fourth-order valence-corrected chi connectivity index (χ4v) is 2.27. The molecule has 106 valence electrons. The zero-order valence-electron chi connectivity index (χ0n) is 12.7. The van der Waals surface area contributed by atoms with E-state index < -0.39 is 0 Å². The molecule has 3 heteroatoms. The van der Waals surface area contributed by atoms with Crippen LogP contribution in [0, 0.1) is 0 Å². The minimum absolute atomic E-state index is 0.00973. The number of ether oxygens (including phenoxy) is 1. The van der Waals surface area contributed by atoms with E-state index in [1.807, 2.05) is 25.1 Å². The lowest BCUT2D eigenvalue weighted by atomic mass is 9.99. The molecule has 1 rings (SSSR count). The number of nitrogens with zero attached hydrogens (tertiary/aromatic N) is 1. The molecule has 2 N–H and O–H groups in total. The molecule has 0 aliphatic heterocycles. The van der Waals surface area contributed by atoms with Crippen LogP contribution in [-0.2, 0) is 0 Å². The van der Waals surface area contributed by atoms with E-state index in [0.717, 1.165) is 23.5 Å². The third-order valence-electron chi connectivity index (χ3n) is 3.13. The highest BCUT2D eigenvalue weighted by Gasteiger charge is 2.25. The van der Waals surface area contributed by atoms with E-state index in [0.29, 0.717) is 0 Å². The molecule has 1 aromatic rings. The molecule has 0 bridgehead atoms. The van der Waals surface area contributed by atoms with Gasteiger partial charge in [0.25, 0.3) is 0 Å². The number of hydrogen-bond acceptors (Lipinski definition) is 3. The Morgan fingerprint density at radius 2 is 2.05 bits per heavy atom. The van der Waals surface area contributed by atoms with Crippen molar-refractivity contribution in [2.24, 2.45) is 5.73 Å². The molecule has 0 radical (unpaired) electrons. The molecular formula is C16H26N2O. The molecule has 0 aromatic heterocycles. The number of methoxy groups -OCH3 is 1. The van der Waals surface area contributed by atoms with E-state index in [1.165, 1.54) is 0 Å². The summed E-state index contributed by atoms with van der Waals surface area (Å²) in [4.78, 5) is 2.29. The summed E-state index contributed by atoms with van der Waals surface area (Å²) in [5.74, 6) is 0.839. The summed E-state index contributed by atoms with van der Waals surface area (Å²) >= 11 is 0. The Morgan fingerprint density at radius 1 is 1.42 bits per heavy atom. The second kappa shape index (κ2) is 6.11. The van der Waals surface area contributed by atoms with E-state index in [-0.39, 0.29) is 11.6 Å². The Morgan fingerprint density at radius 3 is 2.47 bits per heavy atom. The highest BCUT2D eigenvalue weighted by atomic mass is 16.5. The van der Waals surface area contributed by atoms with Gasteiger partial charge >= 0.3 is 0 Å². The van der Waals surface area contributed by atoms with Crippen LogP contribution in [0.2, 0.25) is 0 Å². The van der Waals surface area contributed by atoms with E-state index in [1.54, 1.807) is 7.11 Å². The summed E-state index contributed by atoms with van der Waals surface area (Å²) < 4.78 is 5.46. The van der Waals surface area contributed by atoms with Crippen molar-refractivity contribution in [1.29, 1.82) is 0 Å². The van der Waals surface area contributed by atoms with Gasteiger partial charge in [-0.3, -0.25) is 0 Å². The smallest absolute Gasteiger partial charge is 0.125 e. The third kappa shape index (κ3) is 3.51. The van der Waals surface area contributed by atoms with E-state index >= 15 is 0 Å². The second-order valence-corrected chi connectivity index (χ2v) is 5.75. The number of anilines is 1. The molecule has 19 heavy (non-hydrogen) atoms. The van der Waals surface area contributed by atoms with Crippen molar-refractivity contribution in [3.63, 3.8) is 0 Å². The molecule has 0 heterocycles. The van der Waals surface area contributed by atoms with Crippen LogP contribution in [-0.4, -0.2) is 19.2 Å². The zero-order valence-corrected chi connectivity index (χ0v) is 12.7. The zero-order chi connectivity index (χ0) is 14.6. The SMILES string of the molecule is C=CCN(c1cccc(OC)c1[C@H](C)N)C(C)(C)C. The first-order valence-corrected chi connectivity index (χ1v) is 6.64.